The first-order chi connectivity index (χ1) is 10.2. The molecule has 21 heavy (non-hydrogen) atoms. The molecular weight excluding hydrogens is 285 g/mol. The van der Waals surface area contributed by atoms with E-state index < -0.39 is 0 Å². The Kier molecular flexibility index (Phi) is 5.51. The molecule has 1 heterocycles. The van der Waals surface area contributed by atoms with Crippen molar-refractivity contribution in [3.8, 4) is 10.4 Å². The molecule has 0 saturated heterocycles. The van der Waals surface area contributed by atoms with E-state index in [1.165, 1.54) is 23.5 Å². The predicted molar refractivity (Wildman–Crippen MR) is 86.2 cm³/mol. The third-order valence-corrected chi connectivity index (χ3v) is 4.52. The SMILES string of the molecule is CCCCN(CC)C(=O)c1ccc(-c2ccc(F)cc2)s1. The number of carbonyl (C=O) groups is 1. The van der Waals surface area contributed by atoms with E-state index >= 15 is 0 Å². The summed E-state index contributed by atoms with van der Waals surface area (Å²) >= 11 is 1.46. The molecule has 0 saturated carbocycles. The van der Waals surface area contributed by atoms with E-state index in [1.807, 2.05) is 24.0 Å². The zero-order chi connectivity index (χ0) is 15.2. The van der Waals surface area contributed by atoms with E-state index in [-0.39, 0.29) is 11.7 Å². The molecule has 2 aromatic rings. The van der Waals surface area contributed by atoms with Gasteiger partial charge in [0.15, 0.2) is 0 Å². The summed E-state index contributed by atoms with van der Waals surface area (Å²) < 4.78 is 12.9. The molecule has 0 aliphatic rings. The van der Waals surface area contributed by atoms with Crippen LogP contribution >= 0.6 is 11.3 Å². The molecule has 1 amide bonds. The molecule has 0 fully saturated rings. The minimum atomic E-state index is -0.247. The van der Waals surface area contributed by atoms with Crippen molar-refractivity contribution in [3.05, 3.63) is 47.1 Å². The molecule has 0 aliphatic heterocycles. The topological polar surface area (TPSA) is 20.3 Å². The quantitative estimate of drug-likeness (QED) is 0.749. The first kappa shape index (κ1) is 15.7. The van der Waals surface area contributed by atoms with E-state index in [2.05, 4.69) is 6.92 Å². The van der Waals surface area contributed by atoms with Gasteiger partial charge in [-0.15, -0.1) is 11.3 Å². The van der Waals surface area contributed by atoms with Crippen LogP contribution in [0.4, 0.5) is 4.39 Å². The average Bonchev–Trinajstić information content (AvgIpc) is 2.98. The van der Waals surface area contributed by atoms with Gasteiger partial charge < -0.3 is 4.90 Å². The Morgan fingerprint density at radius 1 is 1.14 bits per heavy atom. The highest BCUT2D eigenvalue weighted by Crippen LogP contribution is 2.29. The van der Waals surface area contributed by atoms with Crippen LogP contribution in [0.25, 0.3) is 10.4 Å². The van der Waals surface area contributed by atoms with E-state index in [1.54, 1.807) is 12.1 Å². The molecule has 0 bridgehead atoms. The maximum atomic E-state index is 12.9. The Balaban J connectivity index is 2.14. The smallest absolute Gasteiger partial charge is 0.263 e. The molecule has 2 nitrogen and oxygen atoms in total. The second-order valence-corrected chi connectivity index (χ2v) is 5.99. The molecule has 0 radical (unpaired) electrons. The molecule has 2 rings (SSSR count). The minimum Gasteiger partial charge on any atom is -0.338 e. The van der Waals surface area contributed by atoms with Crippen LogP contribution in [-0.4, -0.2) is 23.9 Å². The Bertz CT molecular complexity index is 591. The van der Waals surface area contributed by atoms with Crippen LogP contribution in [0.3, 0.4) is 0 Å². The van der Waals surface area contributed by atoms with Gasteiger partial charge in [-0.1, -0.05) is 25.5 Å². The molecular formula is C17H20FNOS. The third-order valence-electron chi connectivity index (χ3n) is 3.40. The zero-order valence-electron chi connectivity index (χ0n) is 12.4. The maximum Gasteiger partial charge on any atom is 0.263 e. The number of carbonyl (C=O) groups excluding carboxylic acids is 1. The summed E-state index contributed by atoms with van der Waals surface area (Å²) in [5.74, 6) is -0.160. The van der Waals surface area contributed by atoms with Crippen LogP contribution in [0.2, 0.25) is 0 Å². The van der Waals surface area contributed by atoms with Crippen molar-refractivity contribution >= 4 is 17.2 Å². The van der Waals surface area contributed by atoms with Crippen molar-refractivity contribution < 1.29 is 9.18 Å². The molecule has 0 unspecified atom stereocenters. The number of halogens is 1. The summed E-state index contributed by atoms with van der Waals surface area (Å²) in [5, 5.41) is 0. The lowest BCUT2D eigenvalue weighted by Gasteiger charge is -2.19. The highest BCUT2D eigenvalue weighted by atomic mass is 32.1. The number of rotatable bonds is 6. The first-order valence-electron chi connectivity index (χ1n) is 7.30. The summed E-state index contributed by atoms with van der Waals surface area (Å²) in [6, 6.07) is 10.2. The molecule has 0 N–H and O–H groups in total. The Morgan fingerprint density at radius 2 is 1.86 bits per heavy atom. The van der Waals surface area contributed by atoms with Gasteiger partial charge in [-0.3, -0.25) is 4.79 Å². The van der Waals surface area contributed by atoms with Gasteiger partial charge in [-0.05, 0) is 43.2 Å². The summed E-state index contributed by atoms with van der Waals surface area (Å²) in [7, 11) is 0. The summed E-state index contributed by atoms with van der Waals surface area (Å²) in [4.78, 5) is 16.1. The molecule has 0 atom stereocenters. The van der Waals surface area contributed by atoms with Crippen molar-refractivity contribution in [1.29, 1.82) is 0 Å². The number of nitrogens with zero attached hydrogens (tertiary/aromatic N) is 1. The predicted octanol–water partition coefficient (Wildman–Crippen LogP) is 4.82. The monoisotopic (exact) mass is 305 g/mol. The molecule has 112 valence electrons. The molecule has 1 aromatic carbocycles. The highest BCUT2D eigenvalue weighted by Gasteiger charge is 2.16. The maximum absolute atomic E-state index is 12.9. The van der Waals surface area contributed by atoms with Gasteiger partial charge in [-0.25, -0.2) is 4.39 Å². The summed E-state index contributed by atoms with van der Waals surface area (Å²) in [5.41, 5.74) is 0.942. The van der Waals surface area contributed by atoms with Crippen molar-refractivity contribution in [2.75, 3.05) is 13.1 Å². The zero-order valence-corrected chi connectivity index (χ0v) is 13.3. The van der Waals surface area contributed by atoms with E-state index in [4.69, 9.17) is 0 Å². The van der Waals surface area contributed by atoms with Crippen LogP contribution in [0.5, 0.6) is 0 Å². The lowest BCUT2D eigenvalue weighted by molar-refractivity contribution is 0.0767. The van der Waals surface area contributed by atoms with Crippen molar-refractivity contribution in [3.63, 3.8) is 0 Å². The van der Waals surface area contributed by atoms with E-state index in [9.17, 15) is 9.18 Å². The second kappa shape index (κ2) is 7.36. The first-order valence-corrected chi connectivity index (χ1v) is 8.12. The van der Waals surface area contributed by atoms with Crippen molar-refractivity contribution in [2.24, 2.45) is 0 Å². The van der Waals surface area contributed by atoms with Gasteiger partial charge in [0.1, 0.15) is 5.82 Å². The van der Waals surface area contributed by atoms with Crippen LogP contribution in [0, 0.1) is 5.82 Å². The van der Waals surface area contributed by atoms with Crippen molar-refractivity contribution in [1.82, 2.24) is 4.90 Å². The van der Waals surface area contributed by atoms with Gasteiger partial charge >= 0.3 is 0 Å². The lowest BCUT2D eigenvalue weighted by Crippen LogP contribution is -2.31. The number of hydrogen-bond donors (Lipinski definition) is 0. The lowest BCUT2D eigenvalue weighted by atomic mass is 10.2. The summed E-state index contributed by atoms with van der Waals surface area (Å²) in [6.45, 7) is 5.65. The van der Waals surface area contributed by atoms with Crippen LogP contribution in [0.15, 0.2) is 36.4 Å². The summed E-state index contributed by atoms with van der Waals surface area (Å²) in [6.07, 6.45) is 2.10. The molecule has 4 heteroatoms. The fraction of sp³-hybridized carbons (Fsp3) is 0.353. The van der Waals surface area contributed by atoms with Crippen molar-refractivity contribution in [2.45, 2.75) is 26.7 Å². The number of unbranched alkanes of at least 4 members (excludes halogenated alkanes) is 1. The van der Waals surface area contributed by atoms with E-state index in [0.717, 1.165) is 41.2 Å². The van der Waals surface area contributed by atoms with E-state index in [0.29, 0.717) is 0 Å². The fourth-order valence-corrected chi connectivity index (χ4v) is 3.11. The van der Waals surface area contributed by atoms with Crippen LogP contribution in [-0.2, 0) is 0 Å². The standard InChI is InChI=1S/C17H20FNOS/c1-3-5-12-19(4-2)17(20)16-11-10-15(21-16)13-6-8-14(18)9-7-13/h6-11H,3-5,12H2,1-2H3. The van der Waals surface area contributed by atoms with Gasteiger partial charge in [-0.2, -0.15) is 0 Å². The van der Waals surface area contributed by atoms with Crippen LogP contribution < -0.4 is 0 Å². The fourth-order valence-electron chi connectivity index (χ4n) is 2.13. The largest absolute Gasteiger partial charge is 0.338 e. The number of benzene rings is 1. The normalized spacial score (nSPS) is 10.6. The van der Waals surface area contributed by atoms with Gasteiger partial charge in [0.2, 0.25) is 0 Å². The van der Waals surface area contributed by atoms with Gasteiger partial charge in [0.05, 0.1) is 4.88 Å². The number of thiophene rings is 1. The highest BCUT2D eigenvalue weighted by molar-refractivity contribution is 7.17. The molecule has 0 spiro atoms. The Morgan fingerprint density at radius 3 is 2.48 bits per heavy atom. The van der Waals surface area contributed by atoms with Crippen LogP contribution in [0.1, 0.15) is 36.4 Å². The molecule has 1 aromatic heterocycles. The third kappa shape index (κ3) is 3.91. The number of amides is 1. The van der Waals surface area contributed by atoms with Gasteiger partial charge in [0, 0.05) is 18.0 Å². The molecule has 0 aliphatic carbocycles. The average molecular weight is 305 g/mol. The van der Waals surface area contributed by atoms with Gasteiger partial charge in [0.25, 0.3) is 5.91 Å². The Hall–Kier alpha value is -1.68. The number of hydrogen-bond acceptors (Lipinski definition) is 2. The minimum absolute atomic E-state index is 0.0873. The Labute approximate surface area is 129 Å². The second-order valence-electron chi connectivity index (χ2n) is 4.91.